The molecule has 0 atom stereocenters. The summed E-state index contributed by atoms with van der Waals surface area (Å²) in [6.45, 7) is 5.41. The van der Waals surface area contributed by atoms with E-state index < -0.39 is 0 Å². The Morgan fingerprint density at radius 2 is 1.90 bits per heavy atom. The molecule has 1 heterocycles. The van der Waals surface area contributed by atoms with Gasteiger partial charge in [-0.05, 0) is 46.0 Å². The van der Waals surface area contributed by atoms with Crippen LogP contribution in [-0.2, 0) is 4.74 Å². The van der Waals surface area contributed by atoms with Gasteiger partial charge in [0.15, 0.2) is 0 Å². The van der Waals surface area contributed by atoms with Crippen molar-refractivity contribution in [2.75, 3.05) is 18.5 Å². The van der Waals surface area contributed by atoms with E-state index in [2.05, 4.69) is 20.5 Å². The van der Waals surface area contributed by atoms with E-state index in [1.54, 1.807) is 0 Å². The van der Waals surface area contributed by atoms with Crippen molar-refractivity contribution < 1.29 is 4.74 Å². The van der Waals surface area contributed by atoms with Crippen LogP contribution in [0.1, 0.15) is 43.5 Å². The fourth-order valence-corrected chi connectivity index (χ4v) is 2.31. The average Bonchev–Trinajstić information content (AvgIpc) is 2.44. The Morgan fingerprint density at radius 1 is 1.15 bits per heavy atom. The molecule has 20 heavy (non-hydrogen) atoms. The average molecular weight is 279 g/mol. The number of aryl methyl sites for hydroxylation is 2. The molecule has 1 aliphatic rings. The lowest BCUT2D eigenvalue weighted by atomic mass is 9.94. The highest BCUT2D eigenvalue weighted by atomic mass is 16.5. The molecule has 6 nitrogen and oxygen atoms in total. The maximum absolute atomic E-state index is 5.88. The SMILES string of the molecule is Cc1nnc(NCCCOC2CCC(N)CC2)nc1C. The van der Waals surface area contributed by atoms with Crippen molar-refractivity contribution in [2.24, 2.45) is 5.73 Å². The number of anilines is 1. The molecule has 6 heteroatoms. The van der Waals surface area contributed by atoms with E-state index in [-0.39, 0.29) is 0 Å². The summed E-state index contributed by atoms with van der Waals surface area (Å²) < 4.78 is 5.86. The molecule has 0 bridgehead atoms. The Morgan fingerprint density at radius 3 is 2.60 bits per heavy atom. The fourth-order valence-electron chi connectivity index (χ4n) is 2.31. The van der Waals surface area contributed by atoms with Crippen LogP contribution in [-0.4, -0.2) is 40.5 Å². The highest BCUT2D eigenvalue weighted by Crippen LogP contribution is 2.19. The molecule has 3 N–H and O–H groups in total. The van der Waals surface area contributed by atoms with Crippen LogP contribution >= 0.6 is 0 Å². The quantitative estimate of drug-likeness (QED) is 0.769. The summed E-state index contributed by atoms with van der Waals surface area (Å²) in [6.07, 6.45) is 5.71. The third-order valence-corrected chi connectivity index (χ3v) is 3.77. The molecule has 0 aliphatic heterocycles. The van der Waals surface area contributed by atoms with Crippen molar-refractivity contribution in [2.45, 2.75) is 58.1 Å². The van der Waals surface area contributed by atoms with Gasteiger partial charge in [-0.1, -0.05) is 0 Å². The number of ether oxygens (including phenoxy) is 1. The molecule has 112 valence electrons. The van der Waals surface area contributed by atoms with E-state index in [9.17, 15) is 0 Å². The van der Waals surface area contributed by atoms with E-state index >= 15 is 0 Å². The zero-order valence-corrected chi connectivity index (χ0v) is 12.4. The van der Waals surface area contributed by atoms with Crippen molar-refractivity contribution in [1.82, 2.24) is 15.2 Å². The molecule has 0 aromatic carbocycles. The van der Waals surface area contributed by atoms with Crippen LogP contribution in [0.3, 0.4) is 0 Å². The first kappa shape index (κ1) is 15.1. The molecule has 2 rings (SSSR count). The fraction of sp³-hybridized carbons (Fsp3) is 0.786. The maximum atomic E-state index is 5.88. The predicted octanol–water partition coefficient (Wildman–Crippen LogP) is 1.58. The highest BCUT2D eigenvalue weighted by molar-refractivity contribution is 5.24. The molecule has 1 aromatic heterocycles. The van der Waals surface area contributed by atoms with Crippen molar-refractivity contribution in [3.63, 3.8) is 0 Å². The topological polar surface area (TPSA) is 86.0 Å². The first-order valence-corrected chi connectivity index (χ1v) is 7.44. The van der Waals surface area contributed by atoms with Gasteiger partial charge in [0.1, 0.15) is 0 Å². The summed E-state index contributed by atoms with van der Waals surface area (Å²) in [5, 5.41) is 11.2. The summed E-state index contributed by atoms with van der Waals surface area (Å²) in [5.74, 6) is 0.594. The Bertz CT molecular complexity index is 418. The van der Waals surface area contributed by atoms with E-state index in [0.717, 1.165) is 56.6 Å². The molecule has 0 amide bonds. The smallest absolute Gasteiger partial charge is 0.242 e. The summed E-state index contributed by atoms with van der Waals surface area (Å²) in [6, 6.07) is 0.381. The van der Waals surface area contributed by atoms with E-state index in [4.69, 9.17) is 10.5 Å². The van der Waals surface area contributed by atoms with Crippen LogP contribution in [0, 0.1) is 13.8 Å². The standard InChI is InChI=1S/C14H25N5O/c1-10-11(2)18-19-14(17-10)16-8-3-9-20-13-6-4-12(15)5-7-13/h12-13H,3-9,15H2,1-2H3,(H,16,17,19). The van der Waals surface area contributed by atoms with Crippen LogP contribution < -0.4 is 11.1 Å². The maximum Gasteiger partial charge on any atom is 0.242 e. The molecule has 1 aromatic rings. The van der Waals surface area contributed by atoms with Gasteiger partial charge in [0.25, 0.3) is 0 Å². The van der Waals surface area contributed by atoms with Gasteiger partial charge in [-0.2, -0.15) is 5.10 Å². The van der Waals surface area contributed by atoms with Gasteiger partial charge in [0.2, 0.25) is 5.95 Å². The van der Waals surface area contributed by atoms with Crippen LogP contribution in [0.15, 0.2) is 0 Å². The van der Waals surface area contributed by atoms with E-state index in [0.29, 0.717) is 18.1 Å². The number of hydrogen-bond acceptors (Lipinski definition) is 6. The zero-order chi connectivity index (χ0) is 14.4. The first-order chi connectivity index (χ1) is 9.65. The van der Waals surface area contributed by atoms with Crippen molar-refractivity contribution in [1.29, 1.82) is 0 Å². The molecule has 0 unspecified atom stereocenters. The third kappa shape index (κ3) is 4.68. The van der Waals surface area contributed by atoms with E-state index in [1.165, 1.54) is 0 Å². The summed E-state index contributed by atoms with van der Waals surface area (Å²) in [4.78, 5) is 4.33. The van der Waals surface area contributed by atoms with Gasteiger partial charge in [-0.3, -0.25) is 0 Å². The number of nitrogens with one attached hydrogen (secondary N) is 1. The first-order valence-electron chi connectivity index (χ1n) is 7.44. The monoisotopic (exact) mass is 279 g/mol. The van der Waals surface area contributed by atoms with Crippen LogP contribution in [0.2, 0.25) is 0 Å². The van der Waals surface area contributed by atoms with Crippen LogP contribution in [0.5, 0.6) is 0 Å². The molecular weight excluding hydrogens is 254 g/mol. The summed E-state index contributed by atoms with van der Waals surface area (Å²) in [5.41, 5.74) is 7.66. The summed E-state index contributed by atoms with van der Waals surface area (Å²) in [7, 11) is 0. The lowest BCUT2D eigenvalue weighted by molar-refractivity contribution is 0.0251. The lowest BCUT2D eigenvalue weighted by Gasteiger charge is -2.26. The van der Waals surface area contributed by atoms with Gasteiger partial charge in [-0.25, -0.2) is 4.98 Å². The minimum atomic E-state index is 0.381. The predicted molar refractivity (Wildman–Crippen MR) is 78.6 cm³/mol. The molecule has 1 fully saturated rings. The van der Waals surface area contributed by atoms with Crippen LogP contribution in [0.4, 0.5) is 5.95 Å². The molecule has 0 spiro atoms. The van der Waals surface area contributed by atoms with Gasteiger partial charge in [-0.15, -0.1) is 5.10 Å². The zero-order valence-electron chi connectivity index (χ0n) is 12.4. The van der Waals surface area contributed by atoms with Crippen molar-refractivity contribution >= 4 is 5.95 Å². The second-order valence-electron chi connectivity index (χ2n) is 5.49. The Balaban J connectivity index is 1.58. The number of nitrogens with two attached hydrogens (primary N) is 1. The van der Waals surface area contributed by atoms with Crippen molar-refractivity contribution in [3.05, 3.63) is 11.4 Å². The molecule has 1 saturated carbocycles. The Hall–Kier alpha value is -1.27. The second-order valence-corrected chi connectivity index (χ2v) is 5.49. The van der Waals surface area contributed by atoms with Gasteiger partial charge < -0.3 is 15.8 Å². The highest BCUT2D eigenvalue weighted by Gasteiger charge is 2.18. The number of rotatable bonds is 6. The number of hydrogen-bond donors (Lipinski definition) is 2. The van der Waals surface area contributed by atoms with E-state index in [1.807, 2.05) is 13.8 Å². The van der Waals surface area contributed by atoms with Gasteiger partial charge >= 0.3 is 0 Å². The number of nitrogens with zero attached hydrogens (tertiary/aromatic N) is 3. The lowest BCUT2D eigenvalue weighted by Crippen LogP contribution is -2.30. The minimum absolute atomic E-state index is 0.381. The second kappa shape index (κ2) is 7.50. The van der Waals surface area contributed by atoms with Gasteiger partial charge in [0, 0.05) is 19.2 Å². The van der Waals surface area contributed by atoms with Crippen molar-refractivity contribution in [3.8, 4) is 0 Å². The minimum Gasteiger partial charge on any atom is -0.378 e. The molecule has 0 saturated heterocycles. The third-order valence-electron chi connectivity index (χ3n) is 3.77. The normalized spacial score (nSPS) is 22.8. The summed E-state index contributed by atoms with van der Waals surface area (Å²) >= 11 is 0. The largest absolute Gasteiger partial charge is 0.378 e. The number of aromatic nitrogens is 3. The molecule has 0 radical (unpaired) electrons. The molecule has 1 aliphatic carbocycles. The van der Waals surface area contributed by atoms with Crippen LogP contribution in [0.25, 0.3) is 0 Å². The molecular formula is C14H25N5O. The Kier molecular flexibility index (Phi) is 5.67. The van der Waals surface area contributed by atoms with Gasteiger partial charge in [0.05, 0.1) is 17.5 Å². The Labute approximate surface area is 120 Å².